The fraction of sp³-hybridized carbons (Fsp3) is 0.367. The van der Waals surface area contributed by atoms with Gasteiger partial charge in [0.2, 0.25) is 11.8 Å². The van der Waals surface area contributed by atoms with Crippen molar-refractivity contribution in [3.63, 3.8) is 0 Å². The second-order valence-electron chi connectivity index (χ2n) is 9.94. The van der Waals surface area contributed by atoms with Crippen LogP contribution in [0.1, 0.15) is 43.7 Å². The van der Waals surface area contributed by atoms with E-state index in [0.29, 0.717) is 30.8 Å². The summed E-state index contributed by atoms with van der Waals surface area (Å²) in [6.07, 6.45) is 3.47. The quantitative estimate of drug-likeness (QED) is 0.257. The zero-order valence-corrected chi connectivity index (χ0v) is 22.9. The van der Waals surface area contributed by atoms with Crippen molar-refractivity contribution in [1.82, 2.24) is 4.90 Å². The number of allylic oxidation sites excluding steroid dienone is 2. The van der Waals surface area contributed by atoms with Crippen molar-refractivity contribution < 1.29 is 29.0 Å². The van der Waals surface area contributed by atoms with Gasteiger partial charge in [-0.1, -0.05) is 58.8 Å². The predicted octanol–water partition coefficient (Wildman–Crippen LogP) is 5.97. The highest BCUT2D eigenvalue weighted by molar-refractivity contribution is 9.10. The fourth-order valence-electron chi connectivity index (χ4n) is 6.15. The second-order valence-corrected chi connectivity index (χ2v) is 10.9. The molecule has 38 heavy (non-hydrogen) atoms. The third-order valence-corrected chi connectivity index (χ3v) is 8.42. The summed E-state index contributed by atoms with van der Waals surface area (Å²) in [6, 6.07) is 15.4. The molecule has 8 heteroatoms. The van der Waals surface area contributed by atoms with Gasteiger partial charge in [0.05, 0.1) is 31.7 Å². The molecule has 2 fully saturated rings. The lowest BCUT2D eigenvalue weighted by molar-refractivity contribution is -0.137. The van der Waals surface area contributed by atoms with E-state index in [4.69, 9.17) is 9.47 Å². The normalized spacial score (nSPS) is 25.0. The minimum Gasteiger partial charge on any atom is -0.507 e. The molecule has 0 bridgehead atoms. The summed E-state index contributed by atoms with van der Waals surface area (Å²) in [5, 5.41) is 10.4. The smallest absolute Gasteiger partial charge is 0.423 e. The number of phenols is 1. The van der Waals surface area contributed by atoms with Crippen LogP contribution < -0.4 is 0 Å². The summed E-state index contributed by atoms with van der Waals surface area (Å²) in [7, 11) is 1.17. The van der Waals surface area contributed by atoms with Crippen molar-refractivity contribution in [1.29, 1.82) is 0 Å². The average Bonchev–Trinajstić information content (AvgIpc) is 3.46. The number of phenolic OH excluding ortho intramolecular Hbond substituents is 1. The summed E-state index contributed by atoms with van der Waals surface area (Å²) < 4.78 is 11.9. The number of methoxy groups -OCH3 is 1. The molecule has 0 saturated carbocycles. The molecule has 3 aliphatic rings. The maximum absolute atomic E-state index is 13.2. The number of ether oxygens (including phenoxy) is 2. The number of imide groups is 3. The number of carbonyl (C=O) groups excluding carboxylic acids is 3. The van der Waals surface area contributed by atoms with Crippen molar-refractivity contribution in [2.75, 3.05) is 13.7 Å². The minimum atomic E-state index is -0.919. The molecule has 2 heterocycles. The van der Waals surface area contributed by atoms with E-state index in [9.17, 15) is 19.5 Å². The molecule has 4 atom stereocenters. The molecule has 5 rings (SSSR count). The number of hydrogen-bond donors (Lipinski definition) is 1. The van der Waals surface area contributed by atoms with E-state index in [0.717, 1.165) is 38.7 Å². The third-order valence-electron chi connectivity index (χ3n) is 7.93. The van der Waals surface area contributed by atoms with Gasteiger partial charge in [0.15, 0.2) is 0 Å². The number of nitrogens with zero attached hydrogens (tertiary/aromatic N) is 1. The van der Waals surface area contributed by atoms with Crippen molar-refractivity contribution in [2.45, 2.75) is 38.7 Å². The van der Waals surface area contributed by atoms with Crippen LogP contribution in [-0.4, -0.2) is 47.7 Å². The van der Waals surface area contributed by atoms with Crippen LogP contribution in [0.5, 0.6) is 5.75 Å². The summed E-state index contributed by atoms with van der Waals surface area (Å²) in [4.78, 5) is 39.1. The number of likely N-dealkylation sites (tertiary alicyclic amines) is 1. The zero-order chi connectivity index (χ0) is 27.0. The highest BCUT2D eigenvalue weighted by Crippen LogP contribution is 2.50. The number of halogens is 1. The van der Waals surface area contributed by atoms with Gasteiger partial charge in [0.25, 0.3) is 0 Å². The number of rotatable bonds is 6. The first-order chi connectivity index (χ1) is 18.3. The largest absolute Gasteiger partial charge is 0.507 e. The van der Waals surface area contributed by atoms with Crippen LogP contribution in [0.15, 0.2) is 64.1 Å². The first-order valence-electron chi connectivity index (χ1n) is 12.9. The average molecular weight is 580 g/mol. The Bertz CT molecular complexity index is 1330. The standard InChI is InChI=1S/C30H30BrNO6/c1-3-17-15-22-27(29(35)32(28(22)34)30(36)37-2)23-16-38-25(26(17)23)12-9-19(18-7-5-4-6-8-18)13-20-14-21(31)10-11-24(20)33/h4-8,10-11,13-14,22-23,25,27,33H,3,9,12,15-16H2,1-2H3/b19-13-/t22-,23+,25-,27-/m1/s1. The van der Waals surface area contributed by atoms with E-state index in [1.165, 1.54) is 7.11 Å². The van der Waals surface area contributed by atoms with Crippen LogP contribution in [0.4, 0.5) is 4.79 Å². The molecule has 1 N–H and O–H groups in total. The number of aromatic hydroxyl groups is 1. The zero-order valence-electron chi connectivity index (χ0n) is 21.4. The minimum absolute atomic E-state index is 0.186. The van der Waals surface area contributed by atoms with E-state index >= 15 is 0 Å². The van der Waals surface area contributed by atoms with E-state index in [2.05, 4.69) is 22.9 Å². The molecule has 2 aliphatic heterocycles. The van der Waals surface area contributed by atoms with Gasteiger partial charge in [0, 0.05) is 16.0 Å². The highest BCUT2D eigenvalue weighted by atomic mass is 79.9. The molecule has 0 spiro atoms. The highest BCUT2D eigenvalue weighted by Gasteiger charge is 2.58. The van der Waals surface area contributed by atoms with Crippen LogP contribution in [0.3, 0.4) is 0 Å². The van der Waals surface area contributed by atoms with Crippen LogP contribution in [0, 0.1) is 17.8 Å². The molecular weight excluding hydrogens is 550 g/mol. The Morgan fingerprint density at radius 2 is 1.92 bits per heavy atom. The van der Waals surface area contributed by atoms with Gasteiger partial charge in [-0.25, -0.2) is 4.79 Å². The number of carbonyl (C=O) groups is 3. The molecule has 2 aromatic rings. The van der Waals surface area contributed by atoms with Crippen LogP contribution >= 0.6 is 15.9 Å². The van der Waals surface area contributed by atoms with E-state index in [1.807, 2.05) is 42.5 Å². The van der Waals surface area contributed by atoms with Crippen LogP contribution in [0.25, 0.3) is 11.6 Å². The third kappa shape index (κ3) is 4.71. The summed E-state index contributed by atoms with van der Waals surface area (Å²) in [5.74, 6) is -2.12. The Hall–Kier alpha value is -3.23. The van der Waals surface area contributed by atoms with E-state index in [-0.39, 0.29) is 17.8 Å². The Kier molecular flexibility index (Phi) is 7.54. The fourth-order valence-corrected chi connectivity index (χ4v) is 6.53. The van der Waals surface area contributed by atoms with Gasteiger partial charge >= 0.3 is 6.09 Å². The number of fused-ring (bicyclic) bond motifs is 3. The number of hydrogen-bond acceptors (Lipinski definition) is 6. The summed E-state index contributed by atoms with van der Waals surface area (Å²) in [6.45, 7) is 2.40. The van der Waals surface area contributed by atoms with Gasteiger partial charge in [-0.05, 0) is 66.7 Å². The predicted molar refractivity (Wildman–Crippen MR) is 146 cm³/mol. The Labute approximate surface area is 230 Å². The van der Waals surface area contributed by atoms with Gasteiger partial charge in [-0.3, -0.25) is 9.59 Å². The second kappa shape index (κ2) is 10.9. The van der Waals surface area contributed by atoms with Gasteiger partial charge in [-0.2, -0.15) is 4.90 Å². The number of amides is 3. The lowest BCUT2D eigenvalue weighted by atomic mass is 9.69. The summed E-state index contributed by atoms with van der Waals surface area (Å²) >= 11 is 3.49. The molecule has 2 saturated heterocycles. The van der Waals surface area contributed by atoms with Crippen molar-refractivity contribution in [3.05, 3.63) is 75.3 Å². The van der Waals surface area contributed by atoms with Crippen LogP contribution in [0.2, 0.25) is 0 Å². The molecule has 2 aromatic carbocycles. The Morgan fingerprint density at radius 3 is 2.63 bits per heavy atom. The van der Waals surface area contributed by atoms with Gasteiger partial charge in [0.1, 0.15) is 5.75 Å². The van der Waals surface area contributed by atoms with Crippen molar-refractivity contribution in [3.8, 4) is 5.75 Å². The molecule has 7 nitrogen and oxygen atoms in total. The van der Waals surface area contributed by atoms with E-state index < -0.39 is 29.7 Å². The van der Waals surface area contributed by atoms with Crippen molar-refractivity contribution in [2.24, 2.45) is 17.8 Å². The maximum atomic E-state index is 13.2. The molecular formula is C30H30BrNO6. The lowest BCUT2D eigenvalue weighted by Crippen LogP contribution is -2.38. The molecule has 3 amide bonds. The van der Waals surface area contributed by atoms with Gasteiger partial charge < -0.3 is 14.6 Å². The number of benzene rings is 2. The monoisotopic (exact) mass is 579 g/mol. The molecule has 198 valence electrons. The molecule has 1 aliphatic carbocycles. The Morgan fingerprint density at radius 1 is 1.16 bits per heavy atom. The molecule has 0 radical (unpaired) electrons. The Balaban J connectivity index is 1.43. The van der Waals surface area contributed by atoms with Crippen LogP contribution in [-0.2, 0) is 19.1 Å². The maximum Gasteiger partial charge on any atom is 0.423 e. The topological polar surface area (TPSA) is 93.1 Å². The lowest BCUT2D eigenvalue weighted by Gasteiger charge is -2.31. The molecule has 0 aromatic heterocycles. The van der Waals surface area contributed by atoms with E-state index in [1.54, 1.807) is 12.1 Å². The first kappa shape index (κ1) is 26.4. The van der Waals surface area contributed by atoms with Gasteiger partial charge in [-0.15, -0.1) is 0 Å². The summed E-state index contributed by atoms with van der Waals surface area (Å²) in [5.41, 5.74) is 5.08. The van der Waals surface area contributed by atoms with Crippen molar-refractivity contribution >= 4 is 45.5 Å². The molecule has 0 unspecified atom stereocenters. The first-order valence-corrected chi connectivity index (χ1v) is 13.7. The SMILES string of the molecule is CCC1=C2[C@@H](CC/C(=C/c3cc(Br)ccc3O)c3ccccc3)OC[C@@H]2[C@@H]2C(=O)N(C(=O)OC)C(=O)[C@@H]2C1.